The fourth-order valence-electron chi connectivity index (χ4n) is 7.36. The van der Waals surface area contributed by atoms with Gasteiger partial charge in [0.25, 0.3) is 0 Å². The summed E-state index contributed by atoms with van der Waals surface area (Å²) in [6.45, 7) is 6.00. The normalized spacial score (nSPS) is 43.2. The monoisotopic (exact) mass is 372 g/mol. The first kappa shape index (κ1) is 18.9. The van der Waals surface area contributed by atoms with Crippen LogP contribution in [0.3, 0.4) is 0 Å². The van der Waals surface area contributed by atoms with Crippen molar-refractivity contribution in [2.24, 2.45) is 34.5 Å². The van der Waals surface area contributed by atoms with Gasteiger partial charge >= 0.3 is 5.97 Å². The zero-order valence-electron chi connectivity index (χ0n) is 16.9. The van der Waals surface area contributed by atoms with Crippen LogP contribution in [0.15, 0.2) is 11.6 Å². The van der Waals surface area contributed by atoms with Gasteiger partial charge in [-0.2, -0.15) is 0 Å². The second kappa shape index (κ2) is 6.56. The van der Waals surface area contributed by atoms with E-state index < -0.39 is 0 Å². The topological polar surface area (TPSA) is 60.4 Å². The number of ketones is 2. The van der Waals surface area contributed by atoms with E-state index in [0.29, 0.717) is 30.0 Å². The number of fused-ring (bicyclic) bond motifs is 5. The summed E-state index contributed by atoms with van der Waals surface area (Å²) in [5.41, 5.74) is 1.61. The highest BCUT2D eigenvalue weighted by molar-refractivity contribution is 5.91. The van der Waals surface area contributed by atoms with Crippen LogP contribution in [0.4, 0.5) is 0 Å². The van der Waals surface area contributed by atoms with Gasteiger partial charge < -0.3 is 4.74 Å². The van der Waals surface area contributed by atoms with E-state index in [4.69, 9.17) is 4.74 Å². The second-order valence-electron chi connectivity index (χ2n) is 9.89. The third kappa shape index (κ3) is 2.91. The van der Waals surface area contributed by atoms with Crippen LogP contribution >= 0.6 is 0 Å². The van der Waals surface area contributed by atoms with E-state index >= 15 is 0 Å². The maximum atomic E-state index is 12.8. The van der Waals surface area contributed by atoms with Crippen LogP contribution in [0.25, 0.3) is 0 Å². The first-order valence-corrected chi connectivity index (χ1v) is 10.7. The molecule has 3 saturated carbocycles. The van der Waals surface area contributed by atoms with Gasteiger partial charge in [-0.25, -0.2) is 0 Å². The van der Waals surface area contributed by atoms with Gasteiger partial charge in [-0.3, -0.25) is 14.4 Å². The van der Waals surface area contributed by atoms with E-state index in [0.717, 1.165) is 44.9 Å². The Kier molecular flexibility index (Phi) is 4.59. The average Bonchev–Trinajstić information content (AvgIpc) is 2.97. The van der Waals surface area contributed by atoms with Crippen LogP contribution < -0.4 is 0 Å². The molecular formula is C23H32O4. The van der Waals surface area contributed by atoms with Gasteiger partial charge in [0.05, 0.1) is 0 Å². The smallest absolute Gasteiger partial charge is 0.303 e. The third-order valence-electron chi connectivity index (χ3n) is 8.77. The molecule has 4 aliphatic rings. The number of esters is 1. The average molecular weight is 373 g/mol. The molecule has 0 N–H and O–H groups in total. The van der Waals surface area contributed by atoms with E-state index in [9.17, 15) is 14.4 Å². The van der Waals surface area contributed by atoms with Gasteiger partial charge in [0.2, 0.25) is 0 Å². The molecule has 0 unspecified atom stereocenters. The number of rotatable bonds is 3. The molecule has 27 heavy (non-hydrogen) atoms. The van der Waals surface area contributed by atoms with Crippen molar-refractivity contribution in [3.05, 3.63) is 11.6 Å². The minimum Gasteiger partial charge on any atom is -0.458 e. The Bertz CT molecular complexity index is 707. The summed E-state index contributed by atoms with van der Waals surface area (Å²) in [6.07, 6.45) is 10.1. The molecule has 0 aliphatic heterocycles. The summed E-state index contributed by atoms with van der Waals surface area (Å²) >= 11 is 0. The lowest BCUT2D eigenvalue weighted by molar-refractivity contribution is -0.149. The number of hydrogen-bond donors (Lipinski definition) is 0. The molecule has 0 amide bonds. The van der Waals surface area contributed by atoms with Gasteiger partial charge in [0.15, 0.2) is 11.6 Å². The zero-order chi connectivity index (χ0) is 19.4. The second-order valence-corrected chi connectivity index (χ2v) is 9.89. The lowest BCUT2D eigenvalue weighted by atomic mass is 9.46. The highest BCUT2D eigenvalue weighted by Crippen LogP contribution is 2.66. The Morgan fingerprint density at radius 1 is 1.07 bits per heavy atom. The minimum absolute atomic E-state index is 0.0282. The fourth-order valence-corrected chi connectivity index (χ4v) is 7.36. The maximum absolute atomic E-state index is 12.8. The molecule has 0 heterocycles. The molecule has 148 valence electrons. The number of ether oxygens (including phenoxy) is 1. The minimum atomic E-state index is -0.377. The van der Waals surface area contributed by atoms with Gasteiger partial charge in [-0.1, -0.05) is 19.4 Å². The largest absolute Gasteiger partial charge is 0.458 e. The number of carbonyl (C=O) groups is 3. The Morgan fingerprint density at radius 2 is 1.85 bits per heavy atom. The molecule has 4 rings (SSSR count). The van der Waals surface area contributed by atoms with E-state index in [1.54, 1.807) is 0 Å². The molecule has 4 aliphatic carbocycles. The molecule has 4 nitrogen and oxygen atoms in total. The standard InChI is InChI=1S/C23H32O4/c1-14(24)27-13-21(26)20-7-6-18-17-5-4-15-12-16(25)8-10-22(15,2)19(17)9-11-23(18,20)3/h12,17-20H,4-11,13H2,1-3H3/t17-,18-,19-,20+,22-,23-/m1/s1. The summed E-state index contributed by atoms with van der Waals surface area (Å²) in [6, 6.07) is 0. The molecule has 0 bridgehead atoms. The van der Waals surface area contributed by atoms with Gasteiger partial charge in [0.1, 0.15) is 6.61 Å². The highest BCUT2D eigenvalue weighted by atomic mass is 16.5. The van der Waals surface area contributed by atoms with Crippen LogP contribution in [0.2, 0.25) is 0 Å². The quantitative estimate of drug-likeness (QED) is 0.694. The van der Waals surface area contributed by atoms with E-state index in [1.807, 2.05) is 6.08 Å². The molecule has 4 heteroatoms. The summed E-state index contributed by atoms with van der Waals surface area (Å²) in [5.74, 6) is 1.95. The molecule has 0 aromatic carbocycles. The zero-order valence-corrected chi connectivity index (χ0v) is 16.9. The van der Waals surface area contributed by atoms with Crippen LogP contribution in [-0.2, 0) is 19.1 Å². The van der Waals surface area contributed by atoms with Crippen LogP contribution in [0.1, 0.15) is 72.1 Å². The van der Waals surface area contributed by atoms with Crippen molar-refractivity contribution in [1.29, 1.82) is 0 Å². The SMILES string of the molecule is CC(=O)OCC(=O)[C@@H]1CC[C@@H]2[C@H]3CCC4=CC(=O)CC[C@@]4(C)[C@@H]3CC[C@]21C. The molecule has 0 aromatic rings. The predicted octanol–water partition coefficient (Wildman–Crippen LogP) is 4.27. The molecule has 3 fully saturated rings. The first-order valence-electron chi connectivity index (χ1n) is 10.7. The van der Waals surface area contributed by atoms with Crippen molar-refractivity contribution in [3.63, 3.8) is 0 Å². The van der Waals surface area contributed by atoms with Crippen molar-refractivity contribution in [3.8, 4) is 0 Å². The van der Waals surface area contributed by atoms with E-state index in [1.165, 1.54) is 12.5 Å². The summed E-state index contributed by atoms with van der Waals surface area (Å²) in [7, 11) is 0. The summed E-state index contributed by atoms with van der Waals surface area (Å²) in [4.78, 5) is 35.8. The van der Waals surface area contributed by atoms with Crippen molar-refractivity contribution in [1.82, 2.24) is 0 Å². The Hall–Kier alpha value is -1.45. The maximum Gasteiger partial charge on any atom is 0.303 e. The lowest BCUT2D eigenvalue weighted by Crippen LogP contribution is -2.51. The van der Waals surface area contributed by atoms with Gasteiger partial charge in [0, 0.05) is 19.3 Å². The number of allylic oxidation sites excluding steroid dienone is 1. The highest BCUT2D eigenvalue weighted by Gasteiger charge is 2.60. The molecule has 0 aromatic heterocycles. The van der Waals surface area contributed by atoms with Crippen molar-refractivity contribution in [2.75, 3.05) is 6.61 Å². The third-order valence-corrected chi connectivity index (χ3v) is 8.77. The van der Waals surface area contributed by atoms with Crippen LogP contribution in [0.5, 0.6) is 0 Å². The number of carbonyl (C=O) groups excluding carboxylic acids is 3. The summed E-state index contributed by atoms with van der Waals surface area (Å²) < 4.78 is 5.02. The van der Waals surface area contributed by atoms with Crippen molar-refractivity contribution in [2.45, 2.75) is 72.1 Å². The van der Waals surface area contributed by atoms with E-state index in [-0.39, 0.29) is 35.1 Å². The predicted molar refractivity (Wildman–Crippen MR) is 102 cm³/mol. The number of hydrogen-bond acceptors (Lipinski definition) is 4. The Morgan fingerprint density at radius 3 is 2.59 bits per heavy atom. The first-order chi connectivity index (χ1) is 12.8. The van der Waals surface area contributed by atoms with Gasteiger partial charge in [-0.15, -0.1) is 0 Å². The molecule has 6 atom stereocenters. The molecule has 0 saturated heterocycles. The van der Waals surface area contributed by atoms with Gasteiger partial charge in [-0.05, 0) is 79.6 Å². The van der Waals surface area contributed by atoms with E-state index in [2.05, 4.69) is 13.8 Å². The Labute approximate surface area is 162 Å². The Balaban J connectivity index is 1.56. The molecular weight excluding hydrogens is 340 g/mol. The van der Waals surface area contributed by atoms with Crippen LogP contribution in [0, 0.1) is 34.5 Å². The lowest BCUT2D eigenvalue weighted by Gasteiger charge is -2.58. The molecule has 0 spiro atoms. The van der Waals surface area contributed by atoms with Crippen molar-refractivity contribution < 1.29 is 19.1 Å². The molecule has 0 radical (unpaired) electrons. The van der Waals surface area contributed by atoms with Crippen LogP contribution in [-0.4, -0.2) is 24.1 Å². The fraction of sp³-hybridized carbons (Fsp3) is 0.783. The van der Waals surface area contributed by atoms with Crippen molar-refractivity contribution >= 4 is 17.5 Å². The summed E-state index contributed by atoms with van der Waals surface area (Å²) in [5, 5.41) is 0. The number of Topliss-reactive ketones (excluding diaryl/α,β-unsaturated/α-hetero) is 1.